The van der Waals surface area contributed by atoms with Gasteiger partial charge in [-0.2, -0.15) is 0 Å². The Kier molecular flexibility index (Phi) is 2.72. The van der Waals surface area contributed by atoms with E-state index in [0.717, 1.165) is 6.08 Å². The van der Waals surface area contributed by atoms with Crippen molar-refractivity contribution in [2.75, 3.05) is 0 Å². The van der Waals surface area contributed by atoms with E-state index in [9.17, 15) is 23.3 Å². The van der Waals surface area contributed by atoms with Gasteiger partial charge >= 0.3 is 0 Å². The molecule has 0 saturated carbocycles. The first-order valence-electron chi connectivity index (χ1n) is 3.36. The second-order valence-electron chi connectivity index (χ2n) is 2.46. The zero-order valence-corrected chi connectivity index (χ0v) is 8.21. The van der Waals surface area contributed by atoms with Gasteiger partial charge in [0.15, 0.2) is 5.78 Å². The number of nitro groups is 1. The van der Waals surface area contributed by atoms with Crippen LogP contribution in [0.4, 0.5) is 0 Å². The molecule has 1 aliphatic carbocycles. The van der Waals surface area contributed by atoms with Crippen LogP contribution in [-0.2, 0) is 13.8 Å². The van der Waals surface area contributed by atoms with Gasteiger partial charge in [-0.3, -0.25) is 14.9 Å². The van der Waals surface area contributed by atoms with Gasteiger partial charge in [-0.25, -0.2) is 8.42 Å². The maximum atomic E-state index is 11.0. The molecule has 0 saturated heterocycles. The monoisotopic (exact) mass is 237 g/mol. The highest BCUT2D eigenvalue weighted by molar-refractivity contribution is 8.17. The molecule has 14 heavy (non-hydrogen) atoms. The predicted octanol–water partition coefficient (Wildman–Crippen LogP) is 0.572. The minimum absolute atomic E-state index is 0.325. The van der Waals surface area contributed by atoms with E-state index in [2.05, 4.69) is 0 Å². The minimum atomic E-state index is -4.20. The smallest absolute Gasteiger partial charge is 0.267 e. The predicted molar refractivity (Wildman–Crippen MR) is 47.6 cm³/mol. The van der Waals surface area contributed by atoms with Gasteiger partial charge in [0.25, 0.3) is 14.7 Å². The number of allylic oxidation sites excluding steroid dienone is 3. The fourth-order valence-electron chi connectivity index (χ4n) is 0.905. The van der Waals surface area contributed by atoms with Crippen LogP contribution in [0.15, 0.2) is 22.8 Å². The molecule has 0 unspecified atom stereocenters. The van der Waals surface area contributed by atoms with Crippen molar-refractivity contribution >= 4 is 25.5 Å². The fourth-order valence-corrected chi connectivity index (χ4v) is 1.91. The van der Waals surface area contributed by atoms with Crippen molar-refractivity contribution in [3.63, 3.8) is 0 Å². The summed E-state index contributed by atoms with van der Waals surface area (Å²) in [5.41, 5.74) is -0.441. The van der Waals surface area contributed by atoms with Gasteiger partial charge in [0.05, 0.1) is 4.92 Å². The highest BCUT2D eigenvalue weighted by atomic mass is 35.7. The van der Waals surface area contributed by atoms with E-state index >= 15 is 0 Å². The number of Topliss-reactive ketones (excluding diaryl/α,β-unsaturated/α-hetero) is 1. The average molecular weight is 238 g/mol. The molecule has 0 aliphatic heterocycles. The van der Waals surface area contributed by atoms with Crippen LogP contribution in [0.25, 0.3) is 0 Å². The summed E-state index contributed by atoms with van der Waals surface area (Å²) in [5.74, 6) is -0.745. The number of carbonyl (C=O) groups is 1. The van der Waals surface area contributed by atoms with Crippen molar-refractivity contribution < 1.29 is 18.1 Å². The summed E-state index contributed by atoms with van der Waals surface area (Å²) in [7, 11) is 0.707. The molecule has 6 nitrogen and oxygen atoms in total. The number of ketones is 1. The third kappa shape index (κ3) is 2.18. The van der Waals surface area contributed by atoms with E-state index in [1.807, 2.05) is 0 Å². The second-order valence-corrected chi connectivity index (χ2v) is 4.99. The maximum Gasteiger partial charge on any atom is 0.267 e. The normalized spacial score (nSPS) is 17.4. The van der Waals surface area contributed by atoms with Crippen molar-refractivity contribution in [2.24, 2.45) is 0 Å². The zero-order chi connectivity index (χ0) is 10.9. The highest BCUT2D eigenvalue weighted by Gasteiger charge is 2.28. The van der Waals surface area contributed by atoms with Gasteiger partial charge in [-0.05, 0) is 0 Å². The van der Waals surface area contributed by atoms with Crippen molar-refractivity contribution in [1.82, 2.24) is 0 Å². The first-order valence-corrected chi connectivity index (χ1v) is 5.67. The lowest BCUT2D eigenvalue weighted by Gasteiger charge is -2.04. The molecule has 0 radical (unpaired) electrons. The van der Waals surface area contributed by atoms with E-state index in [1.54, 1.807) is 0 Å². The Morgan fingerprint density at radius 3 is 2.50 bits per heavy atom. The molecule has 0 spiro atoms. The van der Waals surface area contributed by atoms with Crippen molar-refractivity contribution in [3.8, 4) is 0 Å². The molecule has 0 atom stereocenters. The van der Waals surface area contributed by atoms with Gasteiger partial charge in [0.1, 0.15) is 4.91 Å². The van der Waals surface area contributed by atoms with Crippen molar-refractivity contribution in [3.05, 3.63) is 32.9 Å². The maximum absolute atomic E-state index is 11.0. The van der Waals surface area contributed by atoms with Crippen molar-refractivity contribution in [1.29, 1.82) is 0 Å². The van der Waals surface area contributed by atoms with Gasteiger partial charge in [-0.15, -0.1) is 0 Å². The number of halogens is 1. The largest absolute Gasteiger partial charge is 0.293 e. The van der Waals surface area contributed by atoms with Crippen LogP contribution in [0.5, 0.6) is 0 Å². The summed E-state index contributed by atoms with van der Waals surface area (Å²) in [5, 5.41) is 10.3. The quantitative estimate of drug-likeness (QED) is 0.398. The number of rotatable bonds is 2. The number of hydrogen-bond donors (Lipinski definition) is 0. The van der Waals surface area contributed by atoms with E-state index in [1.165, 1.54) is 0 Å². The van der Waals surface area contributed by atoms with Gasteiger partial charge in [-0.1, -0.05) is 0 Å². The Labute approximate surface area is 83.4 Å². The molecule has 76 valence electrons. The molecular weight excluding hydrogens is 234 g/mol. The molecule has 0 fully saturated rings. The van der Waals surface area contributed by atoms with Crippen LogP contribution >= 0.6 is 10.7 Å². The van der Waals surface area contributed by atoms with Gasteiger partial charge in [0, 0.05) is 29.3 Å². The third-order valence-corrected chi connectivity index (χ3v) is 2.89. The Morgan fingerprint density at radius 2 is 2.07 bits per heavy atom. The third-order valence-electron chi connectivity index (χ3n) is 1.52. The Balaban J connectivity index is 3.23. The van der Waals surface area contributed by atoms with Crippen LogP contribution in [0.1, 0.15) is 6.42 Å². The fraction of sp³-hybridized carbons (Fsp3) is 0.167. The molecule has 1 aliphatic rings. The van der Waals surface area contributed by atoms with Crippen LogP contribution < -0.4 is 0 Å². The lowest BCUT2D eigenvalue weighted by Crippen LogP contribution is -2.14. The molecule has 1 rings (SSSR count). The first kappa shape index (κ1) is 10.9. The summed E-state index contributed by atoms with van der Waals surface area (Å²) in [6.45, 7) is 0. The Morgan fingerprint density at radius 1 is 1.50 bits per heavy atom. The summed E-state index contributed by atoms with van der Waals surface area (Å²) in [4.78, 5) is 19.8. The summed E-state index contributed by atoms with van der Waals surface area (Å²) in [6, 6.07) is 0. The van der Waals surface area contributed by atoms with E-state index in [0.29, 0.717) is 6.08 Å². The lowest BCUT2D eigenvalue weighted by atomic mass is 10.1. The molecule has 0 aromatic heterocycles. The van der Waals surface area contributed by atoms with E-state index in [-0.39, 0.29) is 6.42 Å². The Bertz CT molecular complexity index is 461. The van der Waals surface area contributed by atoms with Gasteiger partial charge in [0.2, 0.25) is 0 Å². The first-order chi connectivity index (χ1) is 6.32. The molecule has 0 heterocycles. The molecule has 0 amide bonds. The minimum Gasteiger partial charge on any atom is -0.293 e. The molecule has 0 bridgehead atoms. The second kappa shape index (κ2) is 3.50. The number of carbonyl (C=O) groups excluding carboxylic acids is 1. The SMILES string of the molecule is O=C1CC=C([N+](=O)[O-])C=C1S(=O)(=O)Cl. The summed E-state index contributed by atoms with van der Waals surface area (Å²) in [6.07, 6.45) is 1.37. The number of nitrogens with zero attached hydrogens (tertiary/aromatic N) is 1. The standard InChI is InChI=1S/C6H4ClNO5S/c7-14(12,13)6-3-4(8(10)11)1-2-5(6)9/h1,3H,2H2. The highest BCUT2D eigenvalue weighted by Crippen LogP contribution is 2.22. The summed E-state index contributed by atoms with van der Waals surface area (Å²) < 4.78 is 21.6. The topological polar surface area (TPSA) is 94.3 Å². The van der Waals surface area contributed by atoms with Crippen LogP contribution in [0, 0.1) is 10.1 Å². The molecule has 0 aromatic carbocycles. The van der Waals surface area contributed by atoms with Gasteiger partial charge < -0.3 is 0 Å². The van der Waals surface area contributed by atoms with E-state index < -0.39 is 30.4 Å². The molecular formula is C6H4ClNO5S. The zero-order valence-electron chi connectivity index (χ0n) is 6.64. The van der Waals surface area contributed by atoms with Crippen molar-refractivity contribution in [2.45, 2.75) is 6.42 Å². The van der Waals surface area contributed by atoms with Crippen LogP contribution in [0.2, 0.25) is 0 Å². The lowest BCUT2D eigenvalue weighted by molar-refractivity contribution is -0.419. The molecule has 0 aromatic rings. The van der Waals surface area contributed by atoms with Crippen LogP contribution in [0.3, 0.4) is 0 Å². The molecule has 0 N–H and O–H groups in total. The molecule has 8 heteroatoms. The summed E-state index contributed by atoms with van der Waals surface area (Å²) >= 11 is 0. The number of hydrogen-bond acceptors (Lipinski definition) is 5. The average Bonchev–Trinajstić information content (AvgIpc) is 2.02. The van der Waals surface area contributed by atoms with E-state index in [4.69, 9.17) is 10.7 Å². The Hall–Kier alpha value is -1.21. The van der Waals surface area contributed by atoms with Crippen LogP contribution in [-0.4, -0.2) is 19.1 Å².